The molecule has 1 unspecified atom stereocenters. The molecule has 0 radical (unpaired) electrons. The van der Waals surface area contributed by atoms with Gasteiger partial charge in [0.2, 0.25) is 11.8 Å². The average Bonchev–Trinajstić information content (AvgIpc) is 3.48. The minimum absolute atomic E-state index is 0.0621. The number of nitrogens with one attached hydrogen (secondary N) is 1. The molecule has 4 rings (SSSR count). The summed E-state index contributed by atoms with van der Waals surface area (Å²) in [7, 11) is -2.79. The fourth-order valence-corrected chi connectivity index (χ4v) is 6.41. The molecule has 1 fully saturated rings. The lowest BCUT2D eigenvalue weighted by Gasteiger charge is -2.32. The van der Waals surface area contributed by atoms with E-state index in [2.05, 4.69) is 5.32 Å². The predicted molar refractivity (Wildman–Crippen MR) is 156 cm³/mol. The minimum Gasteiger partial charge on any atom is -0.497 e. The van der Waals surface area contributed by atoms with Gasteiger partial charge in [0.05, 0.1) is 17.7 Å². The Kier molecular flexibility index (Phi) is 9.65. The van der Waals surface area contributed by atoms with Crippen LogP contribution in [0.25, 0.3) is 0 Å². The molecule has 0 heterocycles. The van der Waals surface area contributed by atoms with Crippen LogP contribution in [-0.2, 0) is 26.2 Å². The smallest absolute Gasteiger partial charge is 0.264 e. The van der Waals surface area contributed by atoms with Gasteiger partial charge in [-0.15, -0.1) is 0 Å². The van der Waals surface area contributed by atoms with Gasteiger partial charge >= 0.3 is 0 Å². The van der Waals surface area contributed by atoms with Gasteiger partial charge in [-0.1, -0.05) is 42.7 Å². The van der Waals surface area contributed by atoms with E-state index < -0.39 is 34.3 Å². The molecule has 218 valence electrons. The Morgan fingerprint density at radius 1 is 1.02 bits per heavy atom. The van der Waals surface area contributed by atoms with Crippen LogP contribution in [0.5, 0.6) is 5.75 Å². The summed E-state index contributed by atoms with van der Waals surface area (Å²) in [6, 6.07) is 17.5. The van der Waals surface area contributed by atoms with E-state index in [9.17, 15) is 22.4 Å². The minimum atomic E-state index is -4.26. The van der Waals surface area contributed by atoms with Crippen molar-refractivity contribution in [3.05, 3.63) is 89.7 Å². The molecule has 0 saturated heterocycles. The van der Waals surface area contributed by atoms with Crippen molar-refractivity contribution in [1.82, 2.24) is 10.2 Å². The molecule has 41 heavy (non-hydrogen) atoms. The molecule has 8 nitrogen and oxygen atoms in total. The molecular weight excluding hydrogens is 545 g/mol. The zero-order valence-electron chi connectivity index (χ0n) is 23.5. The fraction of sp³-hybridized carbons (Fsp3) is 0.355. The Bertz CT molecular complexity index is 1460. The van der Waals surface area contributed by atoms with Crippen LogP contribution >= 0.6 is 0 Å². The van der Waals surface area contributed by atoms with E-state index in [0.717, 1.165) is 53.2 Å². The number of anilines is 1. The Balaban J connectivity index is 1.68. The lowest BCUT2D eigenvalue weighted by molar-refractivity contribution is -0.139. The highest BCUT2D eigenvalue weighted by Crippen LogP contribution is 2.26. The third-order valence-corrected chi connectivity index (χ3v) is 9.13. The fourth-order valence-electron chi connectivity index (χ4n) is 4.99. The van der Waals surface area contributed by atoms with E-state index >= 15 is 0 Å². The molecule has 0 bridgehead atoms. The summed E-state index contributed by atoms with van der Waals surface area (Å²) in [6.07, 6.45) is 3.87. The Morgan fingerprint density at radius 3 is 2.29 bits per heavy atom. The maximum absolute atomic E-state index is 14.0. The zero-order valence-corrected chi connectivity index (χ0v) is 24.4. The number of halogens is 1. The Hall–Kier alpha value is -3.92. The number of hydrogen-bond donors (Lipinski definition) is 1. The van der Waals surface area contributed by atoms with Gasteiger partial charge in [-0.3, -0.25) is 13.9 Å². The third kappa shape index (κ3) is 7.43. The maximum Gasteiger partial charge on any atom is 0.264 e. The first kappa shape index (κ1) is 30.0. The van der Waals surface area contributed by atoms with Crippen LogP contribution < -0.4 is 14.4 Å². The summed E-state index contributed by atoms with van der Waals surface area (Å²) >= 11 is 0. The summed E-state index contributed by atoms with van der Waals surface area (Å²) in [5.41, 5.74) is 1.92. The van der Waals surface area contributed by atoms with Crippen molar-refractivity contribution >= 4 is 27.5 Å². The standard InChI is InChI=1S/C31H36FN3O5S/c1-22-7-6-8-24(19-22)20-34(23(2)31(37)33-26-9-4-5-10-26)30(36)21-35(27-13-11-25(32)12-14-27)41(38,39)29-17-15-28(40-3)16-18-29/h6-8,11-19,23,26H,4-5,9-10,20-21H2,1-3H3,(H,33,37). The summed E-state index contributed by atoms with van der Waals surface area (Å²) in [5.74, 6) is -0.925. The van der Waals surface area contributed by atoms with E-state index in [1.165, 1.54) is 48.4 Å². The summed E-state index contributed by atoms with van der Waals surface area (Å²) in [6.45, 7) is 3.11. The van der Waals surface area contributed by atoms with E-state index in [0.29, 0.717) is 5.75 Å². The van der Waals surface area contributed by atoms with E-state index in [1.54, 1.807) is 6.92 Å². The van der Waals surface area contributed by atoms with Gasteiger partial charge in [-0.05, 0) is 80.8 Å². The lowest BCUT2D eigenvalue weighted by Crippen LogP contribution is -2.52. The normalized spacial score (nSPS) is 14.3. The first-order valence-corrected chi connectivity index (χ1v) is 15.1. The van der Waals surface area contributed by atoms with Crippen molar-refractivity contribution in [2.75, 3.05) is 18.0 Å². The molecule has 0 aromatic heterocycles. The molecule has 3 aromatic carbocycles. The van der Waals surface area contributed by atoms with Crippen molar-refractivity contribution in [3.63, 3.8) is 0 Å². The number of carbonyl (C=O) groups is 2. The van der Waals surface area contributed by atoms with Crippen molar-refractivity contribution in [1.29, 1.82) is 0 Å². The van der Waals surface area contributed by atoms with Crippen LogP contribution in [0, 0.1) is 12.7 Å². The number of aryl methyl sites for hydroxylation is 1. The highest BCUT2D eigenvalue weighted by Gasteiger charge is 2.33. The van der Waals surface area contributed by atoms with Crippen LogP contribution in [-0.4, -0.2) is 50.9 Å². The number of benzene rings is 3. The highest BCUT2D eigenvalue weighted by molar-refractivity contribution is 7.92. The van der Waals surface area contributed by atoms with Gasteiger partial charge in [0.15, 0.2) is 0 Å². The van der Waals surface area contributed by atoms with Crippen molar-refractivity contribution in [2.45, 2.75) is 63.1 Å². The number of nitrogens with zero attached hydrogens (tertiary/aromatic N) is 2. The SMILES string of the molecule is COc1ccc(S(=O)(=O)N(CC(=O)N(Cc2cccc(C)c2)C(C)C(=O)NC2CCCC2)c2ccc(F)cc2)cc1. The van der Waals surface area contributed by atoms with Gasteiger partial charge in [0.1, 0.15) is 24.2 Å². The Labute approximate surface area is 241 Å². The van der Waals surface area contributed by atoms with Crippen LogP contribution in [0.3, 0.4) is 0 Å². The predicted octanol–water partition coefficient (Wildman–Crippen LogP) is 4.81. The second kappa shape index (κ2) is 13.2. The molecule has 10 heteroatoms. The average molecular weight is 582 g/mol. The van der Waals surface area contributed by atoms with Crippen molar-refractivity contribution in [3.8, 4) is 5.75 Å². The molecule has 1 saturated carbocycles. The molecule has 0 aliphatic heterocycles. The Morgan fingerprint density at radius 2 is 1.68 bits per heavy atom. The number of ether oxygens (including phenoxy) is 1. The molecule has 0 spiro atoms. The van der Waals surface area contributed by atoms with Gasteiger partial charge in [0, 0.05) is 12.6 Å². The van der Waals surface area contributed by atoms with Crippen LogP contribution in [0.2, 0.25) is 0 Å². The summed E-state index contributed by atoms with van der Waals surface area (Å²) in [4.78, 5) is 28.6. The van der Waals surface area contributed by atoms with Gasteiger partial charge < -0.3 is 15.0 Å². The van der Waals surface area contributed by atoms with Gasteiger partial charge in [-0.25, -0.2) is 12.8 Å². The molecule has 1 aliphatic carbocycles. The van der Waals surface area contributed by atoms with Crippen molar-refractivity contribution in [2.24, 2.45) is 0 Å². The summed E-state index contributed by atoms with van der Waals surface area (Å²) < 4.78 is 47.6. The zero-order chi connectivity index (χ0) is 29.6. The number of rotatable bonds is 11. The van der Waals surface area contributed by atoms with E-state index in [1.807, 2.05) is 31.2 Å². The van der Waals surface area contributed by atoms with Crippen molar-refractivity contribution < 1.29 is 27.1 Å². The van der Waals surface area contributed by atoms with E-state index in [4.69, 9.17) is 4.74 Å². The largest absolute Gasteiger partial charge is 0.497 e. The van der Waals surface area contributed by atoms with Crippen LogP contribution in [0.15, 0.2) is 77.7 Å². The number of methoxy groups -OCH3 is 1. The second-order valence-electron chi connectivity index (χ2n) is 10.3. The number of carbonyl (C=O) groups excluding carboxylic acids is 2. The lowest BCUT2D eigenvalue weighted by atomic mass is 10.1. The van der Waals surface area contributed by atoms with Crippen LogP contribution in [0.4, 0.5) is 10.1 Å². The third-order valence-electron chi connectivity index (χ3n) is 7.35. The number of hydrogen-bond acceptors (Lipinski definition) is 5. The van der Waals surface area contributed by atoms with Gasteiger partial charge in [0.25, 0.3) is 10.0 Å². The monoisotopic (exact) mass is 581 g/mol. The molecule has 1 aliphatic rings. The maximum atomic E-state index is 14.0. The topological polar surface area (TPSA) is 96.0 Å². The second-order valence-corrected chi connectivity index (χ2v) is 12.2. The number of sulfonamides is 1. The first-order chi connectivity index (χ1) is 19.6. The quantitative estimate of drug-likeness (QED) is 0.351. The molecular formula is C31H36FN3O5S. The molecule has 3 aromatic rings. The van der Waals surface area contributed by atoms with Crippen LogP contribution in [0.1, 0.15) is 43.7 Å². The summed E-state index contributed by atoms with van der Waals surface area (Å²) in [5, 5.41) is 3.05. The molecule has 1 N–H and O–H groups in total. The first-order valence-electron chi connectivity index (χ1n) is 13.7. The molecule has 2 amide bonds. The van der Waals surface area contributed by atoms with E-state index in [-0.39, 0.29) is 29.1 Å². The highest BCUT2D eigenvalue weighted by atomic mass is 32.2. The molecule has 1 atom stereocenters. The number of amides is 2. The van der Waals surface area contributed by atoms with Gasteiger partial charge in [-0.2, -0.15) is 0 Å².